The minimum Gasteiger partial charge on any atom is -0.469 e. The summed E-state index contributed by atoms with van der Waals surface area (Å²) < 4.78 is 56.4. The minimum atomic E-state index is -0.617. The molecule has 2 aromatic carbocycles. The number of benzene rings is 2. The van der Waals surface area contributed by atoms with Gasteiger partial charge >= 0.3 is 65.7 Å². The number of ether oxygens (including phenoxy) is 12. The zero-order chi connectivity index (χ0) is 95.6. The highest BCUT2D eigenvalue weighted by Crippen LogP contribution is 2.12. The van der Waals surface area contributed by atoms with Crippen LogP contribution < -0.4 is 0 Å². The summed E-state index contributed by atoms with van der Waals surface area (Å²) in [5.74, 6) is -5.76. The van der Waals surface area contributed by atoms with Gasteiger partial charge in [-0.15, -0.1) is 0 Å². The Morgan fingerprint density at radius 1 is 0.344 bits per heavy atom. The molecule has 0 aromatic heterocycles. The van der Waals surface area contributed by atoms with E-state index in [4.69, 9.17) is 23.7 Å². The molecule has 0 N–H and O–H groups in total. The molecule has 0 atom stereocenters. The number of hydrogen-bond donors (Lipinski definition) is 0. The number of carbonyl (C=O) groups is 19. The van der Waals surface area contributed by atoms with E-state index in [1.165, 1.54) is 121 Å². The van der Waals surface area contributed by atoms with E-state index >= 15 is 0 Å². The first-order valence-electron chi connectivity index (χ1n) is 40.1. The molecule has 0 saturated heterocycles. The van der Waals surface area contributed by atoms with Crippen molar-refractivity contribution in [3.05, 3.63) is 108 Å². The molecule has 2 aromatic rings. The monoisotopic (exact) mass is 1730 g/mol. The Balaban J connectivity index is -0.000000199. The van der Waals surface area contributed by atoms with E-state index < -0.39 is 53.4 Å². The van der Waals surface area contributed by atoms with Gasteiger partial charge in [-0.25, -0.2) is 4.79 Å². The van der Waals surface area contributed by atoms with Crippen LogP contribution in [0.2, 0.25) is 0 Å². The average molecular weight is 1730 g/mol. The third-order valence-electron chi connectivity index (χ3n) is 12.7. The fraction of sp³-hybridized carbons (Fsp3) is 0.593. The third-order valence-corrected chi connectivity index (χ3v) is 12.7. The predicted molar refractivity (Wildman–Crippen MR) is 458 cm³/mol. The summed E-state index contributed by atoms with van der Waals surface area (Å²) in [6, 6.07) is 18.1. The largest absolute Gasteiger partial charge is 0.469 e. The molecule has 0 aliphatic rings. The van der Waals surface area contributed by atoms with Gasteiger partial charge in [-0.2, -0.15) is 0 Å². The Bertz CT molecular complexity index is 3410. The van der Waals surface area contributed by atoms with E-state index in [-0.39, 0.29) is 154 Å². The van der Waals surface area contributed by atoms with Gasteiger partial charge in [-0.3, -0.25) is 86.3 Å². The van der Waals surface area contributed by atoms with Crippen LogP contribution >= 0.6 is 0 Å². The lowest BCUT2D eigenvalue weighted by molar-refractivity contribution is -0.156. The van der Waals surface area contributed by atoms with Crippen molar-refractivity contribution >= 4 is 112 Å². The Morgan fingerprint density at radius 3 is 1.02 bits per heavy atom. The molecule has 0 bridgehead atoms. The molecule has 692 valence electrons. The molecule has 2 rings (SSSR count). The minimum absolute atomic E-state index is 0.0214. The normalized spacial score (nSPS) is 9.61. The number of unbranched alkanes of at least 4 members (excludes halogenated alkanes) is 9. The molecule has 0 radical (unpaired) electrons. The summed E-state index contributed by atoms with van der Waals surface area (Å²) in [6.07, 6.45) is 12.1. The summed E-state index contributed by atoms with van der Waals surface area (Å²) in [5.41, 5.74) is 2.94. The molecular weight excluding hydrogens is 1590 g/mol. The van der Waals surface area contributed by atoms with Crippen molar-refractivity contribution < 1.29 is 148 Å². The maximum atomic E-state index is 11.4. The number of rotatable bonds is 46. The van der Waals surface area contributed by atoms with Gasteiger partial charge in [0.15, 0.2) is 5.78 Å². The summed E-state index contributed by atoms with van der Waals surface area (Å²) in [4.78, 5) is 203. The number of carbonyl (C=O) groups excluding carboxylic acids is 19. The van der Waals surface area contributed by atoms with E-state index in [0.29, 0.717) is 57.4 Å². The molecular formula is C91H142O31. The van der Waals surface area contributed by atoms with Gasteiger partial charge in [0.25, 0.3) is 0 Å². The first kappa shape index (κ1) is 127. The lowest BCUT2D eigenvalue weighted by atomic mass is 10.1. The molecule has 0 spiro atoms. The number of esters is 11. The van der Waals surface area contributed by atoms with Crippen LogP contribution in [0.1, 0.15) is 283 Å². The average Bonchev–Trinajstić information content (AvgIpc) is 0.907. The molecule has 31 heteroatoms. The molecule has 0 aliphatic heterocycles. The van der Waals surface area contributed by atoms with Gasteiger partial charge in [0.05, 0.1) is 59.1 Å². The van der Waals surface area contributed by atoms with Crippen molar-refractivity contribution in [3.63, 3.8) is 0 Å². The van der Waals surface area contributed by atoms with Crippen LogP contribution in [0, 0.1) is 5.92 Å². The van der Waals surface area contributed by atoms with Crippen LogP contribution in [-0.2, 0) is 150 Å². The second-order valence-electron chi connectivity index (χ2n) is 28.7. The molecule has 0 saturated carbocycles. The number of hydrogen-bond acceptors (Lipinski definition) is 31. The molecule has 0 amide bonds. The Hall–Kier alpha value is -10.8. The quantitative estimate of drug-likeness (QED) is 0.0113. The fourth-order valence-corrected chi connectivity index (χ4v) is 7.63. The van der Waals surface area contributed by atoms with Crippen molar-refractivity contribution in [1.29, 1.82) is 0 Å². The first-order chi connectivity index (χ1) is 56.9. The lowest BCUT2D eigenvalue weighted by Crippen LogP contribution is -2.24. The summed E-state index contributed by atoms with van der Waals surface area (Å²) in [5, 5.41) is 0. The molecule has 0 unspecified atom stereocenters. The maximum Gasteiger partial charge on any atom is 0.333 e. The van der Waals surface area contributed by atoms with E-state index in [0.717, 1.165) is 29.6 Å². The van der Waals surface area contributed by atoms with Crippen molar-refractivity contribution in [3.8, 4) is 0 Å². The lowest BCUT2D eigenvalue weighted by Gasteiger charge is -2.18. The second kappa shape index (κ2) is 85.1. The standard InChI is InChI=1S/C16H30O3.2C11H12O3.C10H14O5.C9H16O2.C8H14O3.C8H14O2.C7H12O4.C6H10O3.C5H8O3/c1-3-4-5-6-7-8-9-10-11-12-13-19-16(18)14-15(2)17;1-9(12)7-11(13)14-8-10-5-3-2-4-6-10;1-2-14-11(13)8-10(12)9-6-4-3-5-7-9;1-7(2)10(13)15-5-4-14-9(12)6-8(3)11;1-7(2)5-9(10)11-6-8(3)4;1-6(9)5-7(10)11-8(2,3)4;1-6(2)5-8(9)10-7(3)4;1-6(8)5-7(9)11-4-3-10-2;1-3-9-6(8)4-5(2)7;1-4(6)3-5(7)8-2/h3-14H2,1-2H3;2-6H,7-8H2,1H3;3-7H,2,8H2,1H3;1,4-6H2,2-3H3;8H,1,5-6H2,2-4H3;5H2,1-4H3;7H,1,5H2,2-4H3;3-5H2,1-2H3;3-4H2,1-2H3;3H2,1-2H3. The van der Waals surface area contributed by atoms with E-state index in [9.17, 15) is 91.1 Å². The van der Waals surface area contributed by atoms with Crippen LogP contribution in [0.4, 0.5) is 0 Å². The summed E-state index contributed by atoms with van der Waals surface area (Å²) in [6.45, 7) is 46.2. The SMILES string of the molecule is C=C(C)C(=O)OCCOC(=O)CC(C)=O.C=C(C)CC(=O)OC(C)C.C=C(C)CC(=O)OCC(C)C.CC(=O)CC(=O)OC(C)(C)C.CC(=O)CC(=O)OCc1ccccc1.CCCCCCCCCCCCOC(=O)CC(C)=O.CCOC(=O)CC(=O)c1ccccc1.CCOC(=O)CC(C)=O.COC(=O)CC(C)=O.COCCOC(=O)CC(C)=O. The van der Waals surface area contributed by atoms with Crippen molar-refractivity contribution in [2.75, 3.05) is 67.1 Å². The highest BCUT2D eigenvalue weighted by atomic mass is 16.6. The highest BCUT2D eigenvalue weighted by Gasteiger charge is 2.18. The Morgan fingerprint density at radius 2 is 0.672 bits per heavy atom. The van der Waals surface area contributed by atoms with Gasteiger partial charge in [-0.05, 0) is 136 Å². The first-order valence-corrected chi connectivity index (χ1v) is 40.1. The number of ketones is 8. The second-order valence-corrected chi connectivity index (χ2v) is 28.7. The van der Waals surface area contributed by atoms with Crippen molar-refractivity contribution in [2.45, 2.75) is 285 Å². The van der Waals surface area contributed by atoms with Gasteiger partial charge in [0.1, 0.15) is 124 Å². The van der Waals surface area contributed by atoms with Gasteiger partial charge in [0.2, 0.25) is 0 Å². The fourth-order valence-electron chi connectivity index (χ4n) is 7.63. The van der Waals surface area contributed by atoms with E-state index in [1.54, 1.807) is 58.9 Å². The van der Waals surface area contributed by atoms with Gasteiger partial charge < -0.3 is 56.8 Å². The van der Waals surface area contributed by atoms with Gasteiger partial charge in [0, 0.05) is 18.2 Å². The molecule has 122 heavy (non-hydrogen) atoms. The number of Topliss-reactive ketones (excluding diaryl/α,β-unsaturated/α-hetero) is 8. The van der Waals surface area contributed by atoms with Gasteiger partial charge in [-0.1, -0.05) is 170 Å². The number of methoxy groups -OCH3 is 2. The highest BCUT2D eigenvalue weighted by molar-refractivity contribution is 6.06. The Kier molecular flexibility index (Phi) is 88.5. The predicted octanol–water partition coefficient (Wildman–Crippen LogP) is 14.8. The zero-order valence-electron chi connectivity index (χ0n) is 76.7. The van der Waals surface area contributed by atoms with Crippen LogP contribution in [0.3, 0.4) is 0 Å². The molecule has 31 nitrogen and oxygen atoms in total. The third kappa shape index (κ3) is 115. The Labute approximate surface area is 723 Å². The zero-order valence-corrected chi connectivity index (χ0v) is 76.7. The topological polar surface area (TPSA) is 435 Å². The van der Waals surface area contributed by atoms with Crippen LogP contribution in [0.5, 0.6) is 0 Å². The molecule has 0 fully saturated rings. The molecule has 0 heterocycles. The van der Waals surface area contributed by atoms with Crippen LogP contribution in [0.15, 0.2) is 97.1 Å². The smallest absolute Gasteiger partial charge is 0.333 e. The van der Waals surface area contributed by atoms with Crippen LogP contribution in [-0.4, -0.2) is 191 Å². The van der Waals surface area contributed by atoms with E-state index in [1.807, 2.05) is 77.9 Å². The van der Waals surface area contributed by atoms with Crippen LogP contribution in [0.25, 0.3) is 0 Å². The summed E-state index contributed by atoms with van der Waals surface area (Å²) in [7, 11) is 2.77. The molecule has 0 aliphatic carbocycles. The van der Waals surface area contributed by atoms with Crippen molar-refractivity contribution in [1.82, 2.24) is 0 Å². The van der Waals surface area contributed by atoms with E-state index in [2.05, 4.69) is 59.8 Å². The summed E-state index contributed by atoms with van der Waals surface area (Å²) >= 11 is 0. The maximum absolute atomic E-state index is 11.4. The van der Waals surface area contributed by atoms with Crippen molar-refractivity contribution in [2.24, 2.45) is 5.92 Å².